The van der Waals surface area contributed by atoms with Crippen molar-refractivity contribution in [3.05, 3.63) is 34.0 Å². The molecule has 2 aliphatic heterocycles. The zero-order valence-electron chi connectivity index (χ0n) is 18.0. The van der Waals surface area contributed by atoms with E-state index >= 15 is 0 Å². The first-order valence-corrected chi connectivity index (χ1v) is 11.2. The summed E-state index contributed by atoms with van der Waals surface area (Å²) in [5.41, 5.74) is 2.00. The molecule has 182 valence electrons. The maximum atomic E-state index is 13.0. The Labute approximate surface area is 192 Å². The number of hydrogen-bond acceptors (Lipinski definition) is 7. The maximum absolute atomic E-state index is 13.0. The van der Waals surface area contributed by atoms with Crippen LogP contribution in [0.1, 0.15) is 29.2 Å². The van der Waals surface area contributed by atoms with Gasteiger partial charge in [0.25, 0.3) is 0 Å². The zero-order chi connectivity index (χ0) is 24.0. The van der Waals surface area contributed by atoms with Gasteiger partial charge in [-0.2, -0.15) is 18.3 Å². The van der Waals surface area contributed by atoms with Crippen LogP contribution in [0.25, 0.3) is 0 Å². The van der Waals surface area contributed by atoms with Gasteiger partial charge in [0.1, 0.15) is 0 Å². The number of nitrogens with zero attached hydrogens (tertiary/aromatic N) is 4. The molecule has 4 rings (SSSR count). The van der Waals surface area contributed by atoms with Gasteiger partial charge in [0.05, 0.1) is 42.2 Å². The number of thiazole rings is 1. The maximum Gasteiger partial charge on any atom is 0.490 e. The highest BCUT2D eigenvalue weighted by atomic mass is 32.1. The molecule has 9 nitrogen and oxygen atoms in total. The average Bonchev–Trinajstić information content (AvgIpc) is 3.35. The SMILES string of the molecule is Cc1nc(COC2CN(C(=O)C3CCOCC3)Cc3ccnn3C2)cs1.O=C(O)C(F)(F)F. The molecule has 0 saturated carbocycles. The first kappa shape index (κ1) is 25.1. The van der Waals surface area contributed by atoms with Crippen molar-refractivity contribution in [3.8, 4) is 0 Å². The molecule has 0 bridgehead atoms. The molecule has 2 aromatic rings. The fourth-order valence-electron chi connectivity index (χ4n) is 3.57. The van der Waals surface area contributed by atoms with Crippen LogP contribution in [-0.4, -0.2) is 68.7 Å². The Morgan fingerprint density at radius 2 is 2.00 bits per heavy atom. The van der Waals surface area contributed by atoms with Crippen molar-refractivity contribution in [1.82, 2.24) is 19.7 Å². The molecule has 2 aromatic heterocycles. The minimum Gasteiger partial charge on any atom is -0.475 e. The standard InChI is InChI=1S/C18H24N4O3S.C2HF3O2/c1-13-20-15(12-26-13)11-25-17-9-21(8-16-2-5-19-22(16)10-17)18(23)14-3-6-24-7-4-14;3-2(4,5)1(6)7/h2,5,12,14,17H,3-4,6-11H2,1H3;(H,6,7). The van der Waals surface area contributed by atoms with E-state index in [1.54, 1.807) is 17.5 Å². The highest BCUT2D eigenvalue weighted by molar-refractivity contribution is 7.09. The van der Waals surface area contributed by atoms with Crippen molar-refractivity contribution < 1.29 is 37.3 Å². The van der Waals surface area contributed by atoms with Crippen molar-refractivity contribution in [2.24, 2.45) is 5.92 Å². The molecule has 1 atom stereocenters. The Morgan fingerprint density at radius 1 is 1.30 bits per heavy atom. The second kappa shape index (κ2) is 11.1. The highest BCUT2D eigenvalue weighted by Gasteiger charge is 2.38. The van der Waals surface area contributed by atoms with E-state index in [1.807, 2.05) is 28.0 Å². The van der Waals surface area contributed by atoms with E-state index in [0.717, 1.165) is 29.2 Å². The van der Waals surface area contributed by atoms with E-state index in [0.29, 0.717) is 39.5 Å². The Bertz CT molecular complexity index is 942. The van der Waals surface area contributed by atoms with Gasteiger partial charge in [-0.3, -0.25) is 9.48 Å². The largest absolute Gasteiger partial charge is 0.490 e. The zero-order valence-corrected chi connectivity index (χ0v) is 18.8. The minimum absolute atomic E-state index is 0.0556. The van der Waals surface area contributed by atoms with Gasteiger partial charge in [-0.15, -0.1) is 11.3 Å². The van der Waals surface area contributed by atoms with Gasteiger partial charge in [-0.1, -0.05) is 0 Å². The third-order valence-electron chi connectivity index (χ3n) is 5.22. The number of aliphatic carboxylic acids is 1. The second-order valence-corrected chi connectivity index (χ2v) is 8.77. The number of fused-ring (bicyclic) bond motifs is 1. The lowest BCUT2D eigenvalue weighted by Gasteiger charge is -2.30. The number of aryl methyl sites for hydroxylation is 1. The van der Waals surface area contributed by atoms with Crippen LogP contribution in [-0.2, 0) is 38.8 Å². The van der Waals surface area contributed by atoms with Gasteiger partial charge in [-0.05, 0) is 25.8 Å². The van der Waals surface area contributed by atoms with E-state index < -0.39 is 12.1 Å². The molecule has 1 fully saturated rings. The molecular formula is C20H25F3N4O5S. The summed E-state index contributed by atoms with van der Waals surface area (Å²) in [6, 6.07) is 1.98. The predicted octanol–water partition coefficient (Wildman–Crippen LogP) is 2.64. The molecule has 1 saturated heterocycles. The second-order valence-electron chi connectivity index (χ2n) is 7.70. The molecule has 2 aliphatic rings. The summed E-state index contributed by atoms with van der Waals surface area (Å²) in [4.78, 5) is 28.3. The number of carboxylic acids is 1. The van der Waals surface area contributed by atoms with Crippen LogP contribution < -0.4 is 0 Å². The molecule has 1 N–H and O–H groups in total. The van der Waals surface area contributed by atoms with Gasteiger partial charge >= 0.3 is 12.1 Å². The summed E-state index contributed by atoms with van der Waals surface area (Å²) in [7, 11) is 0. The fourth-order valence-corrected chi connectivity index (χ4v) is 4.17. The summed E-state index contributed by atoms with van der Waals surface area (Å²) in [5.74, 6) is -2.49. The number of amides is 1. The van der Waals surface area contributed by atoms with Crippen LogP contribution in [0.4, 0.5) is 13.2 Å². The van der Waals surface area contributed by atoms with Crippen LogP contribution >= 0.6 is 11.3 Å². The lowest BCUT2D eigenvalue weighted by molar-refractivity contribution is -0.192. The molecular weight excluding hydrogens is 465 g/mol. The van der Waals surface area contributed by atoms with Gasteiger partial charge < -0.3 is 19.5 Å². The van der Waals surface area contributed by atoms with E-state index in [9.17, 15) is 18.0 Å². The number of carbonyl (C=O) groups excluding carboxylic acids is 1. The lowest BCUT2D eigenvalue weighted by Crippen LogP contribution is -2.42. The third-order valence-corrected chi connectivity index (χ3v) is 6.04. The number of carbonyl (C=O) groups is 2. The van der Waals surface area contributed by atoms with Crippen LogP contribution in [0.15, 0.2) is 17.6 Å². The molecule has 13 heteroatoms. The Morgan fingerprint density at radius 3 is 2.61 bits per heavy atom. The summed E-state index contributed by atoms with van der Waals surface area (Å²) in [5, 5.41) is 14.6. The number of alkyl halides is 3. The molecule has 33 heavy (non-hydrogen) atoms. The summed E-state index contributed by atoms with van der Waals surface area (Å²) >= 11 is 1.62. The van der Waals surface area contributed by atoms with Crippen LogP contribution in [0.2, 0.25) is 0 Å². The van der Waals surface area contributed by atoms with E-state index in [4.69, 9.17) is 19.4 Å². The Kier molecular flexibility index (Phi) is 8.43. The van der Waals surface area contributed by atoms with Crippen LogP contribution in [0.5, 0.6) is 0 Å². The third kappa shape index (κ3) is 7.24. The van der Waals surface area contributed by atoms with Gasteiger partial charge in [0, 0.05) is 37.3 Å². The van der Waals surface area contributed by atoms with Crippen molar-refractivity contribution in [2.45, 2.75) is 51.7 Å². The predicted molar refractivity (Wildman–Crippen MR) is 110 cm³/mol. The minimum atomic E-state index is -5.08. The Balaban J connectivity index is 0.000000383. The normalized spacial score (nSPS) is 19.3. The monoisotopic (exact) mass is 490 g/mol. The van der Waals surface area contributed by atoms with Gasteiger partial charge in [0.15, 0.2) is 0 Å². The van der Waals surface area contributed by atoms with Crippen molar-refractivity contribution >= 4 is 23.2 Å². The van der Waals surface area contributed by atoms with Gasteiger partial charge in [0.2, 0.25) is 5.91 Å². The molecule has 0 spiro atoms. The first-order chi connectivity index (χ1) is 15.6. The summed E-state index contributed by atoms with van der Waals surface area (Å²) in [6.45, 7) is 5.63. The smallest absolute Gasteiger partial charge is 0.475 e. The number of aromatic nitrogens is 3. The number of rotatable bonds is 4. The van der Waals surface area contributed by atoms with E-state index in [-0.39, 0.29) is 17.9 Å². The molecule has 1 amide bonds. The number of carboxylic acid groups (broad SMARTS) is 1. The highest BCUT2D eigenvalue weighted by Crippen LogP contribution is 2.22. The number of hydrogen-bond donors (Lipinski definition) is 1. The summed E-state index contributed by atoms with van der Waals surface area (Å²) < 4.78 is 45.2. The molecule has 1 unspecified atom stereocenters. The lowest BCUT2D eigenvalue weighted by atomic mass is 9.98. The van der Waals surface area contributed by atoms with E-state index in [2.05, 4.69) is 10.1 Å². The molecule has 0 aliphatic carbocycles. The number of halogens is 3. The molecule has 0 aromatic carbocycles. The summed E-state index contributed by atoms with van der Waals surface area (Å²) in [6.07, 6.45) is -1.78. The van der Waals surface area contributed by atoms with Gasteiger partial charge in [-0.25, -0.2) is 9.78 Å². The van der Waals surface area contributed by atoms with E-state index in [1.165, 1.54) is 0 Å². The average molecular weight is 491 g/mol. The van der Waals surface area contributed by atoms with Crippen LogP contribution in [0, 0.1) is 12.8 Å². The topological polar surface area (TPSA) is 107 Å². The molecule has 0 radical (unpaired) electrons. The first-order valence-electron chi connectivity index (χ1n) is 10.3. The van der Waals surface area contributed by atoms with Crippen molar-refractivity contribution in [2.75, 3.05) is 19.8 Å². The van der Waals surface area contributed by atoms with Crippen LogP contribution in [0.3, 0.4) is 0 Å². The quantitative estimate of drug-likeness (QED) is 0.702. The number of ether oxygens (including phenoxy) is 2. The molecule has 4 heterocycles. The van der Waals surface area contributed by atoms with Crippen molar-refractivity contribution in [3.63, 3.8) is 0 Å². The Hall–Kier alpha value is -2.51. The fraction of sp³-hybridized carbons (Fsp3) is 0.600. The van der Waals surface area contributed by atoms with Crippen molar-refractivity contribution in [1.29, 1.82) is 0 Å².